The van der Waals surface area contributed by atoms with Crippen molar-refractivity contribution in [2.45, 2.75) is 62.9 Å². The Hall–Kier alpha value is -1.56. The highest BCUT2D eigenvalue weighted by molar-refractivity contribution is 8.00. The molecule has 0 amide bonds. The summed E-state index contributed by atoms with van der Waals surface area (Å²) in [5.41, 5.74) is -0.740. The molecular formula is C19H22F3NOS. The predicted molar refractivity (Wildman–Crippen MR) is 97.1 cm³/mol. The van der Waals surface area contributed by atoms with E-state index in [2.05, 4.69) is 4.99 Å². The number of carbonyl (C=O) groups is 1. The second-order valence-electron chi connectivity index (χ2n) is 6.18. The number of hydrogen-bond acceptors (Lipinski definition) is 3. The van der Waals surface area contributed by atoms with E-state index < -0.39 is 5.51 Å². The molecule has 0 N–H and O–H groups in total. The second-order valence-corrected chi connectivity index (χ2v) is 7.32. The van der Waals surface area contributed by atoms with Crippen molar-refractivity contribution < 1.29 is 18.0 Å². The van der Waals surface area contributed by atoms with Crippen LogP contribution in [-0.2, 0) is 11.2 Å². The topological polar surface area (TPSA) is 29.4 Å². The van der Waals surface area contributed by atoms with E-state index in [4.69, 9.17) is 0 Å². The molecule has 0 aliphatic carbocycles. The average molecular weight is 369 g/mol. The first kappa shape index (κ1) is 19.8. The highest BCUT2D eigenvalue weighted by Crippen LogP contribution is 2.37. The van der Waals surface area contributed by atoms with E-state index >= 15 is 0 Å². The largest absolute Gasteiger partial charge is 0.446 e. The van der Waals surface area contributed by atoms with Crippen molar-refractivity contribution in [2.24, 2.45) is 4.99 Å². The number of Topliss-reactive ketones (excluding diaryl/α,β-unsaturated/α-hetero) is 1. The minimum atomic E-state index is -4.30. The predicted octanol–water partition coefficient (Wildman–Crippen LogP) is 5.85. The number of benzene rings is 1. The molecule has 136 valence electrons. The lowest BCUT2D eigenvalue weighted by Gasteiger charge is -2.19. The van der Waals surface area contributed by atoms with Crippen LogP contribution in [0.2, 0.25) is 0 Å². The molecule has 1 heterocycles. The van der Waals surface area contributed by atoms with Crippen LogP contribution in [0.25, 0.3) is 6.08 Å². The summed E-state index contributed by atoms with van der Waals surface area (Å²) in [7, 11) is 0. The summed E-state index contributed by atoms with van der Waals surface area (Å²) < 4.78 is 37.9. The number of halogens is 3. The average Bonchev–Trinajstić information content (AvgIpc) is 2.53. The third-order valence-electron chi connectivity index (χ3n) is 4.23. The number of hydrogen-bond donors (Lipinski definition) is 0. The quantitative estimate of drug-likeness (QED) is 0.610. The van der Waals surface area contributed by atoms with Crippen LogP contribution in [0.1, 0.15) is 51.2 Å². The van der Waals surface area contributed by atoms with Gasteiger partial charge in [0.05, 0.1) is 0 Å². The number of aryl methyl sites for hydroxylation is 1. The molecule has 1 atom stereocenters. The summed E-state index contributed by atoms with van der Waals surface area (Å²) >= 11 is -0.103. The van der Waals surface area contributed by atoms with Gasteiger partial charge in [0.15, 0.2) is 5.78 Å². The van der Waals surface area contributed by atoms with Crippen molar-refractivity contribution in [3.8, 4) is 0 Å². The lowest BCUT2D eigenvalue weighted by Crippen LogP contribution is -2.22. The molecule has 1 aromatic carbocycles. The summed E-state index contributed by atoms with van der Waals surface area (Å²) in [6, 6.07) is 4.54. The van der Waals surface area contributed by atoms with E-state index in [1.54, 1.807) is 19.1 Å². The van der Waals surface area contributed by atoms with Gasteiger partial charge in [-0.05, 0) is 86.2 Å². The van der Waals surface area contributed by atoms with Crippen molar-refractivity contribution in [1.82, 2.24) is 0 Å². The van der Waals surface area contributed by atoms with Crippen molar-refractivity contribution >= 4 is 29.3 Å². The van der Waals surface area contributed by atoms with E-state index in [1.165, 1.54) is 6.07 Å². The van der Waals surface area contributed by atoms with Gasteiger partial charge in [-0.15, -0.1) is 0 Å². The summed E-state index contributed by atoms with van der Waals surface area (Å²) in [5, 5.41) is 0. The molecule has 0 spiro atoms. The molecule has 0 saturated carbocycles. The number of allylic oxidation sites excluding steroid dienone is 1. The van der Waals surface area contributed by atoms with Gasteiger partial charge in [-0.25, -0.2) is 0 Å². The van der Waals surface area contributed by atoms with Crippen molar-refractivity contribution in [1.29, 1.82) is 0 Å². The Kier molecular flexibility index (Phi) is 6.49. The van der Waals surface area contributed by atoms with Gasteiger partial charge in [0.25, 0.3) is 0 Å². The molecule has 0 saturated heterocycles. The fraction of sp³-hybridized carbons (Fsp3) is 0.474. The number of thioether (sulfide) groups is 1. The molecule has 0 bridgehead atoms. The number of alkyl halides is 3. The van der Waals surface area contributed by atoms with E-state index in [-0.39, 0.29) is 28.5 Å². The number of aliphatic imine (C=N–C) groups is 1. The Balaban J connectivity index is 2.34. The molecule has 1 unspecified atom stereocenters. The van der Waals surface area contributed by atoms with Gasteiger partial charge >= 0.3 is 5.51 Å². The maximum absolute atomic E-state index is 12.6. The molecule has 1 aliphatic heterocycles. The molecule has 1 aliphatic rings. The molecule has 0 fully saturated rings. The molecular weight excluding hydrogens is 347 g/mol. The smallest absolute Gasteiger partial charge is 0.298 e. The highest BCUT2D eigenvalue weighted by Gasteiger charge is 2.29. The van der Waals surface area contributed by atoms with Crippen LogP contribution in [0.15, 0.2) is 33.7 Å². The van der Waals surface area contributed by atoms with Crippen LogP contribution < -0.4 is 0 Å². The first-order valence-electron chi connectivity index (χ1n) is 8.34. The molecule has 0 radical (unpaired) electrons. The lowest BCUT2D eigenvalue weighted by atomic mass is 9.95. The van der Waals surface area contributed by atoms with Crippen LogP contribution in [0.3, 0.4) is 0 Å². The number of nitrogens with zero attached hydrogens (tertiary/aromatic N) is 1. The van der Waals surface area contributed by atoms with Crippen molar-refractivity contribution in [3.63, 3.8) is 0 Å². The fourth-order valence-corrected chi connectivity index (χ4v) is 3.51. The normalized spacial score (nSPS) is 18.9. The number of ketones is 1. The molecule has 0 aromatic heterocycles. The van der Waals surface area contributed by atoms with Crippen LogP contribution in [0, 0.1) is 0 Å². The van der Waals surface area contributed by atoms with Gasteiger partial charge < -0.3 is 0 Å². The Morgan fingerprint density at radius 3 is 2.68 bits per heavy atom. The maximum atomic E-state index is 12.6. The Bertz CT molecular complexity index is 707. The Morgan fingerprint density at radius 2 is 2.08 bits per heavy atom. The maximum Gasteiger partial charge on any atom is 0.446 e. The first-order chi connectivity index (χ1) is 11.7. The standard InChI is InChI=1S/C19H22F3NOS/c1-4-14-8-9-16(25-19(20,21)22)11-15(14)10-12(2)17-6-5-7-18(23-17)13(3)24/h8-11,18H,4-7H2,1-3H3/b12-10+. The highest BCUT2D eigenvalue weighted by atomic mass is 32.2. The van der Waals surface area contributed by atoms with Crippen LogP contribution >= 0.6 is 11.8 Å². The van der Waals surface area contributed by atoms with E-state index in [0.29, 0.717) is 0 Å². The minimum Gasteiger partial charge on any atom is -0.298 e. The Labute approximate surface area is 150 Å². The van der Waals surface area contributed by atoms with Gasteiger partial charge in [0.1, 0.15) is 6.04 Å². The summed E-state index contributed by atoms with van der Waals surface area (Å²) in [6.45, 7) is 5.43. The van der Waals surface area contributed by atoms with Gasteiger partial charge in [-0.3, -0.25) is 9.79 Å². The number of carbonyl (C=O) groups excluding carboxylic acids is 1. The van der Waals surface area contributed by atoms with Gasteiger partial charge in [-0.2, -0.15) is 13.2 Å². The van der Waals surface area contributed by atoms with E-state index in [1.807, 2.05) is 19.9 Å². The lowest BCUT2D eigenvalue weighted by molar-refractivity contribution is -0.118. The minimum absolute atomic E-state index is 0.0582. The van der Waals surface area contributed by atoms with Crippen LogP contribution in [0.5, 0.6) is 0 Å². The summed E-state index contributed by atoms with van der Waals surface area (Å²) in [5.74, 6) is 0.0582. The molecule has 6 heteroatoms. The van der Waals surface area contributed by atoms with Crippen LogP contribution in [0.4, 0.5) is 13.2 Å². The Morgan fingerprint density at radius 1 is 1.36 bits per heavy atom. The SMILES string of the molecule is CCc1ccc(SC(F)(F)F)cc1/C=C(\C)C1=NC(C(C)=O)CCC1. The first-order valence-corrected chi connectivity index (χ1v) is 9.15. The van der Waals surface area contributed by atoms with Gasteiger partial charge in [-0.1, -0.05) is 13.0 Å². The monoisotopic (exact) mass is 369 g/mol. The zero-order chi connectivity index (χ0) is 18.6. The zero-order valence-electron chi connectivity index (χ0n) is 14.6. The van der Waals surface area contributed by atoms with Crippen molar-refractivity contribution in [2.75, 3.05) is 0 Å². The van der Waals surface area contributed by atoms with E-state index in [0.717, 1.165) is 48.1 Å². The summed E-state index contributed by atoms with van der Waals surface area (Å²) in [4.78, 5) is 16.3. The number of rotatable bonds is 5. The van der Waals surface area contributed by atoms with E-state index in [9.17, 15) is 18.0 Å². The molecule has 2 nitrogen and oxygen atoms in total. The van der Waals surface area contributed by atoms with Gasteiger partial charge in [0, 0.05) is 10.6 Å². The second kappa shape index (κ2) is 8.21. The zero-order valence-corrected chi connectivity index (χ0v) is 15.4. The molecule has 1 aromatic rings. The fourth-order valence-electron chi connectivity index (χ4n) is 2.92. The molecule has 25 heavy (non-hydrogen) atoms. The molecule has 2 rings (SSSR count). The summed E-state index contributed by atoms with van der Waals surface area (Å²) in [6.07, 6.45) is 5.09. The van der Waals surface area contributed by atoms with Crippen LogP contribution in [-0.4, -0.2) is 23.0 Å². The third kappa shape index (κ3) is 5.73. The van der Waals surface area contributed by atoms with Gasteiger partial charge in [0.2, 0.25) is 0 Å². The van der Waals surface area contributed by atoms with Crippen molar-refractivity contribution in [3.05, 3.63) is 34.9 Å². The third-order valence-corrected chi connectivity index (χ3v) is 4.95.